The van der Waals surface area contributed by atoms with Crippen LogP contribution in [0.5, 0.6) is 0 Å². The van der Waals surface area contributed by atoms with Gasteiger partial charge < -0.3 is 14.2 Å². The number of carbonyl (C=O) groups is 2. The molecule has 0 aromatic rings. The van der Waals surface area contributed by atoms with Crippen molar-refractivity contribution in [2.75, 3.05) is 13.2 Å². The number of hydrogen-bond acceptors (Lipinski definition) is 5. The van der Waals surface area contributed by atoms with E-state index in [0.29, 0.717) is 6.61 Å². The van der Waals surface area contributed by atoms with Crippen molar-refractivity contribution in [1.29, 1.82) is 0 Å². The van der Waals surface area contributed by atoms with Crippen LogP contribution in [0.1, 0.15) is 20.3 Å². The lowest BCUT2D eigenvalue weighted by molar-refractivity contribution is -0.149. The normalized spacial score (nSPS) is 18.1. The Morgan fingerprint density at radius 3 is 2.62 bits per heavy atom. The molecule has 16 heavy (non-hydrogen) atoms. The van der Waals surface area contributed by atoms with Crippen LogP contribution in [0.15, 0.2) is 12.2 Å². The lowest BCUT2D eigenvalue weighted by atomic mass is 10.2. The first-order valence-corrected chi connectivity index (χ1v) is 5.15. The molecule has 0 aromatic carbocycles. The largest absolute Gasteiger partial charge is 0.463 e. The molecule has 0 aliphatic carbocycles. The fourth-order valence-corrected chi connectivity index (χ4v) is 0.986. The van der Waals surface area contributed by atoms with Crippen LogP contribution >= 0.6 is 0 Å². The van der Waals surface area contributed by atoms with Gasteiger partial charge in [0, 0.05) is 5.57 Å². The zero-order chi connectivity index (χ0) is 12.1. The first-order valence-electron chi connectivity index (χ1n) is 5.15. The standard InChI is InChI=1S/C11H16O5/c1-7(2)16-10(12)4-8(3)11(13)15-6-9-5-14-9/h7,9H,3-6H2,1-2H3. The highest BCUT2D eigenvalue weighted by Crippen LogP contribution is 2.11. The summed E-state index contributed by atoms with van der Waals surface area (Å²) in [6.07, 6.45) is -0.321. The van der Waals surface area contributed by atoms with E-state index in [1.165, 1.54) is 0 Å². The van der Waals surface area contributed by atoms with Crippen LogP contribution in [0, 0.1) is 0 Å². The van der Waals surface area contributed by atoms with Gasteiger partial charge in [-0.25, -0.2) is 4.79 Å². The summed E-state index contributed by atoms with van der Waals surface area (Å²) in [5.74, 6) is -1.05. The van der Waals surface area contributed by atoms with Crippen LogP contribution < -0.4 is 0 Å². The van der Waals surface area contributed by atoms with Crippen molar-refractivity contribution < 1.29 is 23.8 Å². The van der Waals surface area contributed by atoms with Gasteiger partial charge in [-0.3, -0.25) is 4.79 Å². The third-order valence-electron chi connectivity index (χ3n) is 1.82. The van der Waals surface area contributed by atoms with Gasteiger partial charge in [0.05, 0.1) is 19.1 Å². The van der Waals surface area contributed by atoms with E-state index in [2.05, 4.69) is 6.58 Å². The summed E-state index contributed by atoms with van der Waals surface area (Å²) >= 11 is 0. The number of esters is 2. The van der Waals surface area contributed by atoms with Crippen LogP contribution in [0.3, 0.4) is 0 Å². The molecule has 1 fully saturated rings. The highest BCUT2D eigenvalue weighted by atomic mass is 16.6. The van der Waals surface area contributed by atoms with Gasteiger partial charge in [0.1, 0.15) is 12.7 Å². The van der Waals surface area contributed by atoms with Crippen molar-refractivity contribution in [3.63, 3.8) is 0 Å². The smallest absolute Gasteiger partial charge is 0.334 e. The molecule has 1 aliphatic rings. The molecule has 0 amide bonds. The predicted octanol–water partition coefficient (Wildman–Crippen LogP) is 0.826. The SMILES string of the molecule is C=C(CC(=O)OC(C)C)C(=O)OCC1CO1. The Kier molecular flexibility index (Phi) is 4.49. The van der Waals surface area contributed by atoms with Crippen LogP contribution in [0.2, 0.25) is 0 Å². The number of rotatable bonds is 6. The summed E-state index contributed by atoms with van der Waals surface area (Å²) in [6, 6.07) is 0. The maximum Gasteiger partial charge on any atom is 0.334 e. The second kappa shape index (κ2) is 5.65. The maximum absolute atomic E-state index is 11.3. The molecule has 0 radical (unpaired) electrons. The first kappa shape index (κ1) is 12.7. The van der Waals surface area contributed by atoms with E-state index in [1.807, 2.05) is 0 Å². The minimum atomic E-state index is -0.573. The maximum atomic E-state index is 11.3. The molecule has 5 heteroatoms. The Balaban J connectivity index is 2.21. The molecule has 1 rings (SSSR count). The van der Waals surface area contributed by atoms with E-state index in [0.717, 1.165) is 0 Å². The molecule has 0 N–H and O–H groups in total. The van der Waals surface area contributed by atoms with Gasteiger partial charge in [0.15, 0.2) is 0 Å². The van der Waals surface area contributed by atoms with Gasteiger partial charge in [0.2, 0.25) is 0 Å². The molecule has 1 unspecified atom stereocenters. The number of ether oxygens (including phenoxy) is 3. The van der Waals surface area contributed by atoms with Crippen LogP contribution in [-0.4, -0.2) is 37.4 Å². The molecule has 1 saturated heterocycles. The Morgan fingerprint density at radius 2 is 2.12 bits per heavy atom. The molecule has 0 bridgehead atoms. The number of carbonyl (C=O) groups excluding carboxylic acids is 2. The number of epoxide rings is 1. The van der Waals surface area contributed by atoms with E-state index >= 15 is 0 Å². The Labute approximate surface area is 94.4 Å². The van der Waals surface area contributed by atoms with Crippen LogP contribution in [-0.2, 0) is 23.8 Å². The third-order valence-corrected chi connectivity index (χ3v) is 1.82. The first-order chi connectivity index (χ1) is 7.49. The molecular formula is C11H16O5. The van der Waals surface area contributed by atoms with Gasteiger partial charge in [0.25, 0.3) is 0 Å². The zero-order valence-electron chi connectivity index (χ0n) is 9.52. The van der Waals surface area contributed by atoms with Crippen molar-refractivity contribution in [3.05, 3.63) is 12.2 Å². The Morgan fingerprint density at radius 1 is 1.50 bits per heavy atom. The van der Waals surface area contributed by atoms with Gasteiger partial charge >= 0.3 is 11.9 Å². The van der Waals surface area contributed by atoms with Crippen molar-refractivity contribution in [2.45, 2.75) is 32.5 Å². The predicted molar refractivity (Wildman–Crippen MR) is 55.7 cm³/mol. The molecule has 1 aliphatic heterocycles. The van der Waals surface area contributed by atoms with Gasteiger partial charge in [-0.05, 0) is 13.8 Å². The van der Waals surface area contributed by atoms with E-state index in [1.54, 1.807) is 13.8 Å². The average Bonchev–Trinajstić information content (AvgIpc) is 2.95. The topological polar surface area (TPSA) is 65.1 Å². The quantitative estimate of drug-likeness (QED) is 0.382. The molecule has 1 atom stereocenters. The molecule has 1 heterocycles. The Bertz CT molecular complexity index is 291. The summed E-state index contributed by atoms with van der Waals surface area (Å²) in [7, 11) is 0. The summed E-state index contributed by atoms with van der Waals surface area (Å²) in [6.45, 7) is 7.80. The van der Waals surface area contributed by atoms with E-state index < -0.39 is 11.9 Å². The lowest BCUT2D eigenvalue weighted by Crippen LogP contribution is -2.17. The minimum absolute atomic E-state index is 0.0133. The van der Waals surface area contributed by atoms with Gasteiger partial charge in [-0.15, -0.1) is 0 Å². The average molecular weight is 228 g/mol. The second-order valence-electron chi connectivity index (χ2n) is 3.87. The second-order valence-corrected chi connectivity index (χ2v) is 3.87. The van der Waals surface area contributed by atoms with Gasteiger partial charge in [-0.1, -0.05) is 6.58 Å². The summed E-state index contributed by atoms with van der Waals surface area (Å²) < 4.78 is 14.6. The van der Waals surface area contributed by atoms with E-state index in [4.69, 9.17) is 14.2 Å². The fourth-order valence-electron chi connectivity index (χ4n) is 0.986. The van der Waals surface area contributed by atoms with E-state index in [-0.39, 0.29) is 30.8 Å². The molecule has 90 valence electrons. The highest BCUT2D eigenvalue weighted by Gasteiger charge is 2.25. The Hall–Kier alpha value is -1.36. The number of hydrogen-bond donors (Lipinski definition) is 0. The van der Waals surface area contributed by atoms with Crippen LogP contribution in [0.4, 0.5) is 0 Å². The lowest BCUT2D eigenvalue weighted by Gasteiger charge is -2.08. The third kappa shape index (κ3) is 4.93. The van der Waals surface area contributed by atoms with Crippen LogP contribution in [0.25, 0.3) is 0 Å². The summed E-state index contributed by atoms with van der Waals surface area (Å²) in [5, 5.41) is 0. The van der Waals surface area contributed by atoms with Gasteiger partial charge in [-0.2, -0.15) is 0 Å². The zero-order valence-corrected chi connectivity index (χ0v) is 9.52. The fraction of sp³-hybridized carbons (Fsp3) is 0.636. The monoisotopic (exact) mass is 228 g/mol. The molecule has 5 nitrogen and oxygen atoms in total. The van der Waals surface area contributed by atoms with Crippen molar-refractivity contribution in [2.24, 2.45) is 0 Å². The van der Waals surface area contributed by atoms with Crippen molar-refractivity contribution in [1.82, 2.24) is 0 Å². The minimum Gasteiger partial charge on any atom is -0.463 e. The van der Waals surface area contributed by atoms with Crippen molar-refractivity contribution >= 4 is 11.9 Å². The van der Waals surface area contributed by atoms with E-state index in [9.17, 15) is 9.59 Å². The molecule has 0 aromatic heterocycles. The molecular weight excluding hydrogens is 212 g/mol. The van der Waals surface area contributed by atoms with Crippen molar-refractivity contribution in [3.8, 4) is 0 Å². The highest BCUT2D eigenvalue weighted by molar-refractivity contribution is 5.93. The molecule has 0 spiro atoms. The summed E-state index contributed by atoms with van der Waals surface area (Å²) in [4.78, 5) is 22.5. The molecule has 0 saturated carbocycles. The summed E-state index contributed by atoms with van der Waals surface area (Å²) in [5.41, 5.74) is 0.103.